The maximum absolute atomic E-state index is 12.6. The molecule has 1 saturated carbocycles. The van der Waals surface area contributed by atoms with E-state index in [0.717, 1.165) is 11.1 Å². The molecule has 0 spiro atoms. The summed E-state index contributed by atoms with van der Waals surface area (Å²) in [6.07, 6.45) is 3.28. The molecule has 5 aromatic rings. The average molecular weight is 498 g/mol. The standard InChI is InChI=1S/C26H18N4O7/c1-14-4-2-3-5-15(14)13-34-25(33)29-20-16-8-11-27-12-18(16)35-17(20)6-7-19-28-21-22(36-19)37-23(30-21)26(9-10-26)24(31)32/h2-5,8,11-12H,9-10,13H2,1H3,(H,29,33)(H,31,32). The molecule has 4 heterocycles. The van der Waals surface area contributed by atoms with Crippen LogP contribution in [0.5, 0.6) is 0 Å². The summed E-state index contributed by atoms with van der Waals surface area (Å²) in [4.78, 5) is 36.4. The molecule has 0 bridgehead atoms. The largest absolute Gasteiger partial charge is 0.480 e. The molecule has 184 valence electrons. The topological polar surface area (TPSA) is 154 Å². The quantitative estimate of drug-likeness (QED) is 0.330. The van der Waals surface area contributed by atoms with Gasteiger partial charge in [0, 0.05) is 17.5 Å². The van der Waals surface area contributed by atoms with E-state index in [2.05, 4.69) is 32.1 Å². The summed E-state index contributed by atoms with van der Waals surface area (Å²) in [5.41, 5.74) is 1.64. The molecule has 6 rings (SSSR count). The van der Waals surface area contributed by atoms with Crippen LogP contribution in [0.3, 0.4) is 0 Å². The highest BCUT2D eigenvalue weighted by molar-refractivity contribution is 6.00. The van der Waals surface area contributed by atoms with Gasteiger partial charge in [-0.25, -0.2) is 4.79 Å². The van der Waals surface area contributed by atoms with E-state index in [1.54, 1.807) is 12.3 Å². The molecule has 1 aromatic carbocycles. The second kappa shape index (κ2) is 8.53. The summed E-state index contributed by atoms with van der Waals surface area (Å²) >= 11 is 0. The molecule has 0 atom stereocenters. The maximum Gasteiger partial charge on any atom is 0.412 e. The van der Waals surface area contributed by atoms with Gasteiger partial charge in [0.15, 0.2) is 5.58 Å². The predicted octanol–water partition coefficient (Wildman–Crippen LogP) is 4.53. The highest BCUT2D eigenvalue weighted by atomic mass is 16.5. The number of amides is 1. The molecule has 1 fully saturated rings. The molecule has 2 N–H and O–H groups in total. The Morgan fingerprint density at radius 3 is 2.73 bits per heavy atom. The second-order valence-corrected chi connectivity index (χ2v) is 8.59. The zero-order chi connectivity index (χ0) is 25.6. The van der Waals surface area contributed by atoms with Crippen molar-refractivity contribution in [3.05, 3.63) is 71.4 Å². The summed E-state index contributed by atoms with van der Waals surface area (Å²) in [6, 6.07) is 9.29. The number of oxazole rings is 2. The van der Waals surface area contributed by atoms with Crippen LogP contribution in [0.1, 0.15) is 41.5 Å². The fraction of sp³-hybridized carbons (Fsp3) is 0.192. The van der Waals surface area contributed by atoms with E-state index in [-0.39, 0.29) is 35.6 Å². The highest BCUT2D eigenvalue weighted by Gasteiger charge is 2.56. The van der Waals surface area contributed by atoms with Gasteiger partial charge in [0.1, 0.15) is 17.7 Å². The maximum atomic E-state index is 12.6. The first-order valence-corrected chi connectivity index (χ1v) is 11.3. The fourth-order valence-corrected chi connectivity index (χ4v) is 3.87. The third-order valence-electron chi connectivity index (χ3n) is 6.17. The Kier molecular flexibility index (Phi) is 5.15. The Morgan fingerprint density at radius 1 is 1.14 bits per heavy atom. The SMILES string of the molecule is Cc1ccccc1COC(=O)Nc1c(C#Cc2nc3nc(C4(C(=O)O)CC4)oc3o2)oc2cnccc12. The van der Waals surface area contributed by atoms with Gasteiger partial charge in [-0.05, 0) is 42.9 Å². The van der Waals surface area contributed by atoms with Gasteiger partial charge in [0.2, 0.25) is 17.3 Å². The molecular weight excluding hydrogens is 480 g/mol. The number of carbonyl (C=O) groups is 2. The molecule has 0 saturated heterocycles. The van der Waals surface area contributed by atoms with Crippen molar-refractivity contribution >= 4 is 40.1 Å². The number of aryl methyl sites for hydroxylation is 1. The Hall–Kier alpha value is -5.11. The first-order chi connectivity index (χ1) is 17.9. The van der Waals surface area contributed by atoms with Crippen molar-refractivity contribution in [1.82, 2.24) is 15.0 Å². The van der Waals surface area contributed by atoms with Crippen LogP contribution in [0.2, 0.25) is 0 Å². The van der Waals surface area contributed by atoms with Crippen LogP contribution in [0, 0.1) is 18.8 Å². The molecule has 1 aliphatic carbocycles. The normalized spacial score (nSPS) is 13.8. The number of furan rings is 1. The van der Waals surface area contributed by atoms with Gasteiger partial charge in [0.05, 0.1) is 6.20 Å². The Bertz CT molecular complexity index is 1720. The smallest absolute Gasteiger partial charge is 0.412 e. The van der Waals surface area contributed by atoms with Crippen molar-refractivity contribution in [2.75, 3.05) is 5.32 Å². The number of hydrogen-bond acceptors (Lipinski definition) is 9. The number of anilines is 1. The molecule has 0 aliphatic heterocycles. The van der Waals surface area contributed by atoms with E-state index in [9.17, 15) is 14.7 Å². The minimum Gasteiger partial charge on any atom is -0.480 e. The lowest BCUT2D eigenvalue weighted by Gasteiger charge is -2.08. The van der Waals surface area contributed by atoms with E-state index in [1.165, 1.54) is 6.20 Å². The fourth-order valence-electron chi connectivity index (χ4n) is 3.87. The highest BCUT2D eigenvalue weighted by Crippen LogP contribution is 2.48. The second-order valence-electron chi connectivity index (χ2n) is 8.59. The molecule has 1 amide bonds. The van der Waals surface area contributed by atoms with E-state index in [4.69, 9.17) is 18.0 Å². The number of aliphatic carboxylic acids is 1. The zero-order valence-electron chi connectivity index (χ0n) is 19.4. The Morgan fingerprint density at radius 2 is 1.97 bits per heavy atom. The number of carboxylic acids is 1. The van der Waals surface area contributed by atoms with Crippen molar-refractivity contribution in [1.29, 1.82) is 0 Å². The molecule has 0 unspecified atom stereocenters. The lowest BCUT2D eigenvalue weighted by atomic mass is 10.1. The minimum atomic E-state index is -1.11. The first kappa shape index (κ1) is 22.4. The lowest BCUT2D eigenvalue weighted by molar-refractivity contribution is -0.140. The predicted molar refractivity (Wildman–Crippen MR) is 128 cm³/mol. The van der Waals surface area contributed by atoms with E-state index < -0.39 is 17.5 Å². The molecular formula is C26H18N4O7. The zero-order valence-corrected chi connectivity index (χ0v) is 19.4. The summed E-state index contributed by atoms with van der Waals surface area (Å²) < 4.78 is 22.2. The molecule has 11 heteroatoms. The van der Waals surface area contributed by atoms with Crippen molar-refractivity contribution in [2.24, 2.45) is 0 Å². The minimum absolute atomic E-state index is 0.0142. The summed E-state index contributed by atoms with van der Waals surface area (Å²) in [5, 5.41) is 12.7. The monoisotopic (exact) mass is 498 g/mol. The molecule has 0 radical (unpaired) electrons. The molecule has 4 aromatic heterocycles. The van der Waals surface area contributed by atoms with Gasteiger partial charge in [0.25, 0.3) is 5.89 Å². The number of pyridine rings is 1. The van der Waals surface area contributed by atoms with Gasteiger partial charge in [-0.3, -0.25) is 15.1 Å². The van der Waals surface area contributed by atoms with Gasteiger partial charge in [-0.2, -0.15) is 9.97 Å². The number of fused-ring (bicyclic) bond motifs is 2. The van der Waals surface area contributed by atoms with Gasteiger partial charge in [-0.1, -0.05) is 24.3 Å². The van der Waals surface area contributed by atoms with Gasteiger partial charge < -0.3 is 23.1 Å². The van der Waals surface area contributed by atoms with E-state index in [1.807, 2.05) is 31.2 Å². The number of rotatable bonds is 5. The van der Waals surface area contributed by atoms with Crippen molar-refractivity contribution < 1.29 is 32.7 Å². The third kappa shape index (κ3) is 4.04. The van der Waals surface area contributed by atoms with Crippen LogP contribution in [0.4, 0.5) is 10.5 Å². The average Bonchev–Trinajstić information content (AvgIpc) is 3.32. The lowest BCUT2D eigenvalue weighted by Crippen LogP contribution is -2.19. The first-order valence-electron chi connectivity index (χ1n) is 11.3. The van der Waals surface area contributed by atoms with Crippen LogP contribution in [-0.2, 0) is 21.6 Å². The van der Waals surface area contributed by atoms with Crippen LogP contribution in [0.25, 0.3) is 22.4 Å². The number of nitrogens with one attached hydrogen (secondary N) is 1. The summed E-state index contributed by atoms with van der Waals surface area (Å²) in [7, 11) is 0. The van der Waals surface area contributed by atoms with Gasteiger partial charge in [-0.15, -0.1) is 0 Å². The summed E-state index contributed by atoms with van der Waals surface area (Å²) in [5.74, 6) is 4.71. The molecule has 11 nitrogen and oxygen atoms in total. The number of benzene rings is 1. The van der Waals surface area contributed by atoms with E-state index in [0.29, 0.717) is 29.5 Å². The van der Waals surface area contributed by atoms with Crippen molar-refractivity contribution in [3.63, 3.8) is 0 Å². The van der Waals surface area contributed by atoms with E-state index >= 15 is 0 Å². The Labute approximate surface area is 208 Å². The molecule has 1 aliphatic rings. The number of nitrogens with zero attached hydrogens (tertiary/aromatic N) is 3. The van der Waals surface area contributed by atoms with Crippen LogP contribution in [-0.4, -0.2) is 32.1 Å². The number of hydrogen-bond donors (Lipinski definition) is 2. The van der Waals surface area contributed by atoms with Gasteiger partial charge >= 0.3 is 17.8 Å². The Balaban J connectivity index is 1.25. The van der Waals surface area contributed by atoms with Crippen LogP contribution in [0.15, 0.2) is 56.0 Å². The number of carbonyl (C=O) groups excluding carboxylic acids is 1. The molecule has 37 heavy (non-hydrogen) atoms. The van der Waals surface area contributed by atoms with Crippen LogP contribution < -0.4 is 5.32 Å². The van der Waals surface area contributed by atoms with Crippen molar-refractivity contribution in [3.8, 4) is 11.8 Å². The third-order valence-corrected chi connectivity index (χ3v) is 6.17. The number of ether oxygens (including phenoxy) is 1. The summed E-state index contributed by atoms with van der Waals surface area (Å²) in [6.45, 7) is 2.04. The number of aromatic nitrogens is 3. The van der Waals surface area contributed by atoms with Crippen molar-refractivity contribution in [2.45, 2.75) is 31.8 Å². The number of carboxylic acid groups (broad SMARTS) is 1. The van der Waals surface area contributed by atoms with Crippen LogP contribution >= 0.6 is 0 Å².